The zero-order chi connectivity index (χ0) is 11.8. The van der Waals surface area contributed by atoms with Crippen LogP contribution in [0, 0.1) is 0 Å². The SMILES string of the molecule is CCN(CCOC)c1cncc(CNC)n1. The number of hydrogen-bond acceptors (Lipinski definition) is 5. The van der Waals surface area contributed by atoms with Gasteiger partial charge in [0.2, 0.25) is 0 Å². The van der Waals surface area contributed by atoms with Crippen LogP contribution >= 0.6 is 0 Å². The van der Waals surface area contributed by atoms with Gasteiger partial charge in [-0.15, -0.1) is 0 Å². The molecule has 5 nitrogen and oxygen atoms in total. The van der Waals surface area contributed by atoms with Crippen LogP contribution in [0.25, 0.3) is 0 Å². The molecule has 0 unspecified atom stereocenters. The van der Waals surface area contributed by atoms with Gasteiger partial charge in [0, 0.05) is 32.9 Å². The number of anilines is 1. The lowest BCUT2D eigenvalue weighted by Gasteiger charge is -2.21. The molecule has 0 spiro atoms. The molecule has 16 heavy (non-hydrogen) atoms. The quantitative estimate of drug-likeness (QED) is 0.737. The number of aromatic nitrogens is 2. The summed E-state index contributed by atoms with van der Waals surface area (Å²) in [6.45, 7) is 5.28. The van der Waals surface area contributed by atoms with Gasteiger partial charge in [0.25, 0.3) is 0 Å². The van der Waals surface area contributed by atoms with Gasteiger partial charge in [-0.05, 0) is 14.0 Å². The average Bonchev–Trinajstić information content (AvgIpc) is 2.31. The van der Waals surface area contributed by atoms with Crippen LogP contribution in [-0.2, 0) is 11.3 Å². The van der Waals surface area contributed by atoms with Gasteiger partial charge in [-0.1, -0.05) is 0 Å². The lowest BCUT2D eigenvalue weighted by molar-refractivity contribution is 0.205. The Morgan fingerprint density at radius 2 is 2.25 bits per heavy atom. The highest BCUT2D eigenvalue weighted by molar-refractivity contribution is 5.35. The number of ether oxygens (including phenoxy) is 1. The Kier molecular flexibility index (Phi) is 5.74. The molecule has 0 aliphatic carbocycles. The molecular formula is C11H20N4O. The molecule has 0 bridgehead atoms. The van der Waals surface area contributed by atoms with Crippen LogP contribution in [0.2, 0.25) is 0 Å². The largest absolute Gasteiger partial charge is 0.383 e. The Morgan fingerprint density at radius 1 is 1.44 bits per heavy atom. The van der Waals surface area contributed by atoms with Gasteiger partial charge >= 0.3 is 0 Å². The van der Waals surface area contributed by atoms with E-state index in [1.165, 1.54) is 0 Å². The fourth-order valence-electron chi connectivity index (χ4n) is 1.45. The number of rotatable bonds is 7. The highest BCUT2D eigenvalue weighted by Gasteiger charge is 2.06. The number of hydrogen-bond donors (Lipinski definition) is 1. The molecule has 0 aromatic carbocycles. The number of methoxy groups -OCH3 is 1. The molecule has 1 rings (SSSR count). The van der Waals surface area contributed by atoms with Gasteiger partial charge in [0.1, 0.15) is 5.82 Å². The molecule has 0 radical (unpaired) electrons. The highest BCUT2D eigenvalue weighted by atomic mass is 16.5. The first kappa shape index (κ1) is 12.9. The molecule has 90 valence electrons. The van der Waals surface area contributed by atoms with Crippen molar-refractivity contribution < 1.29 is 4.74 Å². The first-order valence-corrected chi connectivity index (χ1v) is 5.51. The van der Waals surface area contributed by atoms with Crippen molar-refractivity contribution in [2.45, 2.75) is 13.5 Å². The van der Waals surface area contributed by atoms with Crippen molar-refractivity contribution in [3.63, 3.8) is 0 Å². The molecule has 0 aliphatic heterocycles. The minimum absolute atomic E-state index is 0.700. The minimum atomic E-state index is 0.700. The molecule has 0 saturated heterocycles. The Bertz CT molecular complexity index is 306. The van der Waals surface area contributed by atoms with Crippen LogP contribution in [0.5, 0.6) is 0 Å². The van der Waals surface area contributed by atoms with E-state index in [9.17, 15) is 0 Å². The zero-order valence-electron chi connectivity index (χ0n) is 10.2. The van der Waals surface area contributed by atoms with E-state index in [4.69, 9.17) is 4.74 Å². The van der Waals surface area contributed by atoms with Gasteiger partial charge in [0.15, 0.2) is 0 Å². The summed E-state index contributed by atoms with van der Waals surface area (Å²) in [5, 5.41) is 3.07. The third-order valence-corrected chi connectivity index (χ3v) is 2.30. The van der Waals surface area contributed by atoms with Gasteiger partial charge < -0.3 is 15.0 Å². The topological polar surface area (TPSA) is 50.3 Å². The molecule has 1 N–H and O–H groups in total. The van der Waals surface area contributed by atoms with Crippen molar-refractivity contribution >= 4 is 5.82 Å². The third-order valence-electron chi connectivity index (χ3n) is 2.30. The average molecular weight is 224 g/mol. The lowest BCUT2D eigenvalue weighted by Crippen LogP contribution is -2.28. The van der Waals surface area contributed by atoms with E-state index in [2.05, 4.69) is 27.1 Å². The second-order valence-electron chi connectivity index (χ2n) is 3.47. The van der Waals surface area contributed by atoms with Crippen LogP contribution < -0.4 is 10.2 Å². The monoisotopic (exact) mass is 224 g/mol. The normalized spacial score (nSPS) is 10.4. The molecular weight excluding hydrogens is 204 g/mol. The molecule has 1 aromatic heterocycles. The summed E-state index contributed by atoms with van der Waals surface area (Å²) in [4.78, 5) is 10.9. The van der Waals surface area contributed by atoms with Crippen LogP contribution in [0.4, 0.5) is 5.82 Å². The number of nitrogens with one attached hydrogen (secondary N) is 1. The van der Waals surface area contributed by atoms with Crippen LogP contribution in [0.1, 0.15) is 12.6 Å². The summed E-state index contributed by atoms with van der Waals surface area (Å²) in [7, 11) is 3.60. The van der Waals surface area contributed by atoms with Crippen LogP contribution in [0.15, 0.2) is 12.4 Å². The fourth-order valence-corrected chi connectivity index (χ4v) is 1.45. The third kappa shape index (κ3) is 3.75. The van der Waals surface area contributed by atoms with Gasteiger partial charge in [0.05, 0.1) is 18.5 Å². The summed E-state index contributed by atoms with van der Waals surface area (Å²) >= 11 is 0. The Hall–Kier alpha value is -1.20. The van der Waals surface area contributed by atoms with Crippen LogP contribution in [-0.4, -0.2) is 43.8 Å². The highest BCUT2D eigenvalue weighted by Crippen LogP contribution is 2.08. The number of likely N-dealkylation sites (N-methyl/N-ethyl adjacent to an activating group) is 1. The maximum atomic E-state index is 5.07. The second kappa shape index (κ2) is 7.14. The van der Waals surface area contributed by atoms with Crippen molar-refractivity contribution in [2.75, 3.05) is 38.8 Å². The first-order valence-electron chi connectivity index (χ1n) is 5.51. The van der Waals surface area contributed by atoms with Crippen molar-refractivity contribution in [3.8, 4) is 0 Å². The zero-order valence-corrected chi connectivity index (χ0v) is 10.2. The molecule has 1 aromatic rings. The van der Waals surface area contributed by atoms with Gasteiger partial charge in [-0.25, -0.2) is 4.98 Å². The summed E-state index contributed by atoms with van der Waals surface area (Å²) < 4.78 is 5.07. The van der Waals surface area contributed by atoms with Crippen molar-refractivity contribution in [1.29, 1.82) is 0 Å². The Morgan fingerprint density at radius 3 is 2.88 bits per heavy atom. The summed E-state index contributed by atoms with van der Waals surface area (Å²) in [5.41, 5.74) is 0.955. The van der Waals surface area contributed by atoms with Crippen molar-refractivity contribution in [2.24, 2.45) is 0 Å². The summed E-state index contributed by atoms with van der Waals surface area (Å²) in [5.74, 6) is 0.910. The van der Waals surface area contributed by atoms with E-state index in [0.717, 1.165) is 31.1 Å². The van der Waals surface area contributed by atoms with Crippen LogP contribution in [0.3, 0.4) is 0 Å². The predicted molar refractivity (Wildman–Crippen MR) is 64.6 cm³/mol. The van der Waals surface area contributed by atoms with Gasteiger partial charge in [-0.2, -0.15) is 0 Å². The summed E-state index contributed by atoms with van der Waals surface area (Å²) in [6.07, 6.45) is 3.57. The maximum Gasteiger partial charge on any atom is 0.147 e. The van der Waals surface area contributed by atoms with Crippen molar-refractivity contribution in [1.82, 2.24) is 15.3 Å². The molecule has 5 heteroatoms. The van der Waals surface area contributed by atoms with E-state index in [1.54, 1.807) is 19.5 Å². The smallest absolute Gasteiger partial charge is 0.147 e. The minimum Gasteiger partial charge on any atom is -0.383 e. The fraction of sp³-hybridized carbons (Fsp3) is 0.636. The standard InChI is InChI=1S/C11H20N4O/c1-4-15(5-6-16-3)11-9-13-8-10(14-11)7-12-2/h8-9,12H,4-7H2,1-3H3. The maximum absolute atomic E-state index is 5.07. The first-order chi connectivity index (χ1) is 7.81. The molecule has 0 amide bonds. The van der Waals surface area contributed by atoms with Gasteiger partial charge in [-0.3, -0.25) is 4.98 Å². The van der Waals surface area contributed by atoms with E-state index in [0.29, 0.717) is 6.61 Å². The molecule has 1 heterocycles. The predicted octanol–water partition coefficient (Wildman–Crippen LogP) is 0.669. The molecule has 0 fully saturated rings. The van der Waals surface area contributed by atoms with E-state index >= 15 is 0 Å². The second-order valence-corrected chi connectivity index (χ2v) is 3.47. The Labute approximate surface area is 96.8 Å². The van der Waals surface area contributed by atoms with Crippen molar-refractivity contribution in [3.05, 3.63) is 18.1 Å². The molecule has 0 aliphatic rings. The summed E-state index contributed by atoms with van der Waals surface area (Å²) in [6, 6.07) is 0. The lowest BCUT2D eigenvalue weighted by atomic mass is 10.4. The Balaban J connectivity index is 2.71. The van der Waals surface area contributed by atoms with E-state index in [-0.39, 0.29) is 0 Å². The van der Waals surface area contributed by atoms with E-state index in [1.807, 2.05) is 7.05 Å². The molecule has 0 saturated carbocycles. The van der Waals surface area contributed by atoms with E-state index < -0.39 is 0 Å². The molecule has 0 atom stereocenters. The number of nitrogens with zero attached hydrogens (tertiary/aromatic N) is 3.